The minimum atomic E-state index is -0.380. The minimum Gasteiger partial charge on any atom is -0.459 e. The van der Waals surface area contributed by atoms with Crippen molar-refractivity contribution in [3.05, 3.63) is 84.3 Å². The van der Waals surface area contributed by atoms with E-state index in [0.717, 1.165) is 16.8 Å². The Labute approximate surface area is 168 Å². The van der Waals surface area contributed by atoms with Gasteiger partial charge in [-0.15, -0.1) is 5.10 Å². The average molecular weight is 387 g/mol. The summed E-state index contributed by atoms with van der Waals surface area (Å²) in [6, 6.07) is 21.0. The van der Waals surface area contributed by atoms with Crippen LogP contribution in [0.25, 0.3) is 11.4 Å². The van der Waals surface area contributed by atoms with E-state index >= 15 is 0 Å². The van der Waals surface area contributed by atoms with E-state index in [9.17, 15) is 4.79 Å². The highest BCUT2D eigenvalue weighted by Gasteiger charge is 2.20. The van der Waals surface area contributed by atoms with Crippen LogP contribution in [-0.4, -0.2) is 34.8 Å². The van der Waals surface area contributed by atoms with Crippen LogP contribution in [0.2, 0.25) is 0 Å². The van der Waals surface area contributed by atoms with Gasteiger partial charge in [-0.1, -0.05) is 42.5 Å². The number of anilines is 2. The van der Waals surface area contributed by atoms with Crippen molar-refractivity contribution in [2.45, 2.75) is 6.54 Å². The van der Waals surface area contributed by atoms with Crippen molar-refractivity contribution in [3.63, 3.8) is 0 Å². The number of hydrogen-bond acceptors (Lipinski definition) is 6. The molecular formula is C22H21N5O2. The van der Waals surface area contributed by atoms with Gasteiger partial charge in [0.05, 0.1) is 6.26 Å². The summed E-state index contributed by atoms with van der Waals surface area (Å²) in [6.07, 6.45) is 1.46. The van der Waals surface area contributed by atoms with Crippen LogP contribution in [0.1, 0.15) is 16.1 Å². The Bertz CT molecular complexity index is 1080. The molecule has 4 aromatic rings. The Morgan fingerprint density at radius 1 is 1.03 bits per heavy atom. The van der Waals surface area contributed by atoms with Crippen LogP contribution in [0, 0.1) is 0 Å². The predicted molar refractivity (Wildman–Crippen MR) is 112 cm³/mol. The Morgan fingerprint density at radius 3 is 2.45 bits per heavy atom. The number of benzene rings is 2. The van der Waals surface area contributed by atoms with Crippen LogP contribution in [0.3, 0.4) is 0 Å². The van der Waals surface area contributed by atoms with E-state index in [2.05, 4.69) is 15.4 Å². The van der Waals surface area contributed by atoms with E-state index in [1.807, 2.05) is 73.6 Å². The number of nitrogens with zero attached hydrogens (tertiary/aromatic N) is 4. The summed E-state index contributed by atoms with van der Waals surface area (Å²) in [4.78, 5) is 19.4. The maximum atomic E-state index is 12.8. The summed E-state index contributed by atoms with van der Waals surface area (Å²) < 4.78 is 6.49. The molecule has 2 heterocycles. The smallest absolute Gasteiger partial charge is 0.317 e. The number of carbonyl (C=O) groups is 1. The van der Waals surface area contributed by atoms with Gasteiger partial charge in [0.25, 0.3) is 0 Å². The molecule has 0 aliphatic carbocycles. The van der Waals surface area contributed by atoms with E-state index in [1.165, 1.54) is 10.9 Å². The molecule has 0 unspecified atom stereocenters. The molecule has 0 saturated heterocycles. The van der Waals surface area contributed by atoms with Crippen molar-refractivity contribution in [2.75, 3.05) is 24.3 Å². The Balaban J connectivity index is 1.62. The summed E-state index contributed by atoms with van der Waals surface area (Å²) in [7, 11) is 4.00. The predicted octanol–water partition coefficient (Wildman–Crippen LogP) is 3.90. The van der Waals surface area contributed by atoms with E-state index in [0.29, 0.717) is 18.3 Å². The van der Waals surface area contributed by atoms with E-state index in [4.69, 9.17) is 4.42 Å². The second kappa shape index (κ2) is 8.02. The van der Waals surface area contributed by atoms with E-state index in [1.54, 1.807) is 12.1 Å². The maximum absolute atomic E-state index is 12.8. The molecule has 0 aliphatic heterocycles. The first-order chi connectivity index (χ1) is 14.1. The second-order valence-corrected chi connectivity index (χ2v) is 6.73. The highest BCUT2D eigenvalue weighted by atomic mass is 16.3. The fourth-order valence-corrected chi connectivity index (χ4v) is 2.88. The van der Waals surface area contributed by atoms with Crippen LogP contribution >= 0.6 is 0 Å². The first-order valence-electron chi connectivity index (χ1n) is 9.22. The van der Waals surface area contributed by atoms with Gasteiger partial charge in [0.15, 0.2) is 11.6 Å². The summed E-state index contributed by atoms with van der Waals surface area (Å²) in [5, 5.41) is 7.64. The van der Waals surface area contributed by atoms with Crippen LogP contribution in [-0.2, 0) is 6.54 Å². The molecule has 146 valence electrons. The zero-order chi connectivity index (χ0) is 20.2. The Morgan fingerprint density at radius 2 is 1.79 bits per heavy atom. The number of nitrogens with one attached hydrogen (secondary N) is 1. The molecule has 0 fully saturated rings. The normalized spacial score (nSPS) is 10.7. The molecule has 7 nitrogen and oxygen atoms in total. The first kappa shape index (κ1) is 18.5. The van der Waals surface area contributed by atoms with Gasteiger partial charge < -0.3 is 14.6 Å². The molecule has 0 atom stereocenters. The van der Waals surface area contributed by atoms with Crippen LogP contribution in [0.4, 0.5) is 11.6 Å². The molecule has 4 rings (SSSR count). The van der Waals surface area contributed by atoms with Gasteiger partial charge in [0.2, 0.25) is 5.95 Å². The average Bonchev–Trinajstić information content (AvgIpc) is 3.43. The lowest BCUT2D eigenvalue weighted by molar-refractivity contribution is 0.0919. The van der Waals surface area contributed by atoms with Crippen LogP contribution < -0.4 is 10.2 Å². The van der Waals surface area contributed by atoms with Gasteiger partial charge in [-0.3, -0.25) is 4.79 Å². The summed E-state index contributed by atoms with van der Waals surface area (Å²) >= 11 is 0. The topological polar surface area (TPSA) is 76.2 Å². The monoisotopic (exact) mass is 387 g/mol. The zero-order valence-corrected chi connectivity index (χ0v) is 16.2. The zero-order valence-electron chi connectivity index (χ0n) is 16.2. The molecule has 2 aromatic heterocycles. The first-order valence-corrected chi connectivity index (χ1v) is 9.22. The highest BCUT2D eigenvalue weighted by Crippen LogP contribution is 2.20. The number of hydrogen-bond donors (Lipinski definition) is 1. The molecule has 2 aromatic carbocycles. The van der Waals surface area contributed by atoms with Gasteiger partial charge in [-0.05, 0) is 29.8 Å². The molecule has 0 radical (unpaired) electrons. The quantitative estimate of drug-likeness (QED) is 0.541. The third-order valence-corrected chi connectivity index (χ3v) is 4.47. The Kier molecular flexibility index (Phi) is 5.11. The van der Waals surface area contributed by atoms with Gasteiger partial charge in [0.1, 0.15) is 0 Å². The van der Waals surface area contributed by atoms with Crippen molar-refractivity contribution >= 4 is 17.5 Å². The molecule has 29 heavy (non-hydrogen) atoms. The molecule has 1 N–H and O–H groups in total. The van der Waals surface area contributed by atoms with Crippen molar-refractivity contribution in [1.82, 2.24) is 14.8 Å². The van der Waals surface area contributed by atoms with Gasteiger partial charge in [-0.25, -0.2) is 0 Å². The maximum Gasteiger partial charge on any atom is 0.317 e. The number of furan rings is 1. The molecular weight excluding hydrogens is 366 g/mol. The standard InChI is InChI=1S/C22H21N5O2/c1-26(2)18-12-10-16(11-13-18)15-23-22-24-20(17-7-4-3-5-8-17)25-27(22)21(28)19-9-6-14-29-19/h3-14H,15H2,1-2H3,(H,23,24,25). The number of rotatable bonds is 6. The van der Waals surface area contributed by atoms with Gasteiger partial charge in [-0.2, -0.15) is 9.67 Å². The van der Waals surface area contributed by atoms with Crippen molar-refractivity contribution < 1.29 is 9.21 Å². The fraction of sp³-hybridized carbons (Fsp3) is 0.136. The molecule has 0 bridgehead atoms. The van der Waals surface area contributed by atoms with Crippen LogP contribution in [0.15, 0.2) is 77.4 Å². The van der Waals surface area contributed by atoms with Crippen molar-refractivity contribution in [1.29, 1.82) is 0 Å². The second-order valence-electron chi connectivity index (χ2n) is 6.73. The molecule has 0 aliphatic rings. The highest BCUT2D eigenvalue weighted by molar-refractivity contribution is 5.94. The summed E-state index contributed by atoms with van der Waals surface area (Å²) in [5.41, 5.74) is 3.02. The van der Waals surface area contributed by atoms with Crippen LogP contribution in [0.5, 0.6) is 0 Å². The lowest BCUT2D eigenvalue weighted by Gasteiger charge is -2.13. The number of carbonyl (C=O) groups excluding carboxylic acids is 1. The van der Waals surface area contributed by atoms with Crippen molar-refractivity contribution in [3.8, 4) is 11.4 Å². The summed E-state index contributed by atoms with van der Waals surface area (Å²) in [6.45, 7) is 0.506. The van der Waals surface area contributed by atoms with Gasteiger partial charge in [0, 0.05) is 31.9 Å². The SMILES string of the molecule is CN(C)c1ccc(CNc2nc(-c3ccccc3)nn2C(=O)c2ccco2)cc1. The summed E-state index contributed by atoms with van der Waals surface area (Å²) in [5.74, 6) is 0.654. The lowest BCUT2D eigenvalue weighted by Crippen LogP contribution is -2.17. The third-order valence-electron chi connectivity index (χ3n) is 4.47. The van der Waals surface area contributed by atoms with Gasteiger partial charge >= 0.3 is 5.91 Å². The fourth-order valence-electron chi connectivity index (χ4n) is 2.88. The molecule has 7 heteroatoms. The Hall–Kier alpha value is -3.87. The minimum absolute atomic E-state index is 0.202. The van der Waals surface area contributed by atoms with E-state index < -0.39 is 0 Å². The largest absolute Gasteiger partial charge is 0.459 e. The van der Waals surface area contributed by atoms with E-state index in [-0.39, 0.29) is 11.7 Å². The van der Waals surface area contributed by atoms with Crippen molar-refractivity contribution in [2.24, 2.45) is 0 Å². The molecule has 0 amide bonds. The third kappa shape index (κ3) is 4.03. The molecule has 0 spiro atoms. The molecule has 0 saturated carbocycles. The number of aromatic nitrogens is 3. The lowest BCUT2D eigenvalue weighted by atomic mass is 10.2.